The number of fused-ring (bicyclic) bond motifs is 3. The zero-order valence-electron chi connectivity index (χ0n) is 19.9. The van der Waals surface area contributed by atoms with Gasteiger partial charge in [-0.15, -0.1) is 13.2 Å². The fraction of sp³-hybridized carbons (Fsp3) is 0.115. The van der Waals surface area contributed by atoms with Crippen LogP contribution >= 0.6 is 11.8 Å². The molecule has 0 saturated heterocycles. The van der Waals surface area contributed by atoms with Crippen LogP contribution in [-0.4, -0.2) is 32.6 Å². The van der Waals surface area contributed by atoms with Crippen molar-refractivity contribution < 1.29 is 35.9 Å². The first-order valence-electron chi connectivity index (χ1n) is 11.4. The molecule has 2 heterocycles. The Morgan fingerprint density at radius 1 is 0.975 bits per heavy atom. The zero-order valence-corrected chi connectivity index (χ0v) is 20.7. The van der Waals surface area contributed by atoms with E-state index >= 15 is 0 Å². The van der Waals surface area contributed by atoms with Crippen molar-refractivity contribution in [2.45, 2.75) is 17.7 Å². The summed E-state index contributed by atoms with van der Waals surface area (Å²) in [6, 6.07) is 15.6. The summed E-state index contributed by atoms with van der Waals surface area (Å²) in [6.45, 7) is 0. The van der Waals surface area contributed by atoms with Gasteiger partial charge in [0.25, 0.3) is 5.56 Å². The van der Waals surface area contributed by atoms with Gasteiger partial charge in [0, 0.05) is 16.6 Å². The monoisotopic (exact) mass is 578 g/mol. The summed E-state index contributed by atoms with van der Waals surface area (Å²) in [5.41, 5.74) is -0.370. The van der Waals surface area contributed by atoms with Gasteiger partial charge in [-0.3, -0.25) is 14.2 Å². The van der Waals surface area contributed by atoms with Crippen LogP contribution in [0.3, 0.4) is 0 Å². The van der Waals surface area contributed by atoms with Crippen LogP contribution in [-0.2, 0) is 11.0 Å². The molecular weight excluding hydrogens is 562 g/mol. The number of carbonyl (C=O) groups excluding carboxylic acids is 1. The number of H-pyrrole nitrogens is 1. The molecule has 0 spiro atoms. The Morgan fingerprint density at radius 2 is 1.70 bits per heavy atom. The zero-order chi connectivity index (χ0) is 28.7. The van der Waals surface area contributed by atoms with Gasteiger partial charge >= 0.3 is 12.5 Å². The van der Waals surface area contributed by atoms with Gasteiger partial charge < -0.3 is 15.0 Å². The Bertz CT molecular complexity index is 1780. The number of rotatable bonds is 6. The van der Waals surface area contributed by atoms with E-state index in [2.05, 4.69) is 20.0 Å². The number of alkyl halides is 6. The fourth-order valence-electron chi connectivity index (χ4n) is 3.96. The van der Waals surface area contributed by atoms with Crippen LogP contribution in [0.25, 0.3) is 27.6 Å². The molecular formula is C26H16F6N4O3S. The van der Waals surface area contributed by atoms with E-state index in [1.54, 1.807) is 24.3 Å². The minimum absolute atomic E-state index is 0.0333. The van der Waals surface area contributed by atoms with Gasteiger partial charge in [0.2, 0.25) is 5.91 Å². The summed E-state index contributed by atoms with van der Waals surface area (Å²) in [5.74, 6) is -1.51. The second-order valence-corrected chi connectivity index (χ2v) is 9.33. The maximum absolute atomic E-state index is 13.6. The number of aromatic nitrogens is 3. The fourth-order valence-corrected chi connectivity index (χ4v) is 4.77. The van der Waals surface area contributed by atoms with Gasteiger partial charge in [0.1, 0.15) is 16.8 Å². The number of hydrogen-bond donors (Lipinski definition) is 2. The van der Waals surface area contributed by atoms with Crippen molar-refractivity contribution in [1.29, 1.82) is 0 Å². The average Bonchev–Trinajstić information content (AvgIpc) is 3.26. The normalized spacial score (nSPS) is 12.2. The van der Waals surface area contributed by atoms with E-state index < -0.39 is 35.3 Å². The molecule has 0 atom stereocenters. The molecule has 0 aliphatic heterocycles. The Morgan fingerprint density at radius 3 is 2.40 bits per heavy atom. The molecule has 206 valence electrons. The van der Waals surface area contributed by atoms with Gasteiger partial charge in [0.15, 0.2) is 5.16 Å². The molecule has 7 nitrogen and oxygen atoms in total. The number of para-hydroxylation sites is 1. The standard InChI is InChI=1S/C26H16F6N4O3S/c27-25(28,29)14-4-3-5-15(12-14)33-20(37)13-40-24-35-21-18-6-1-2-7-19(18)34-22(21)23(38)36(24)16-8-10-17(11-9-16)39-26(30,31)32/h1-12,34H,13H2,(H,33,37). The number of benzene rings is 3. The molecule has 3 aromatic carbocycles. The number of anilines is 1. The highest BCUT2D eigenvalue weighted by Gasteiger charge is 2.31. The SMILES string of the molecule is O=C(CSc1nc2c([nH]c3ccccc32)c(=O)n1-c1ccc(OC(F)(F)F)cc1)Nc1cccc(C(F)(F)F)c1. The molecule has 0 saturated carbocycles. The third-order valence-electron chi connectivity index (χ3n) is 5.63. The van der Waals surface area contributed by atoms with Crippen molar-refractivity contribution >= 4 is 45.3 Å². The van der Waals surface area contributed by atoms with Crippen LogP contribution in [0.5, 0.6) is 5.75 Å². The van der Waals surface area contributed by atoms with E-state index in [0.717, 1.165) is 46.7 Å². The second-order valence-electron chi connectivity index (χ2n) is 8.39. The number of ether oxygens (including phenoxy) is 1. The predicted octanol–water partition coefficient (Wildman–Crippen LogP) is 6.52. The molecule has 14 heteroatoms. The Kier molecular flexibility index (Phi) is 6.96. The van der Waals surface area contributed by atoms with Crippen LogP contribution < -0.4 is 15.6 Å². The highest BCUT2D eigenvalue weighted by Crippen LogP contribution is 2.31. The van der Waals surface area contributed by atoms with Crippen molar-refractivity contribution in [1.82, 2.24) is 14.5 Å². The minimum Gasteiger partial charge on any atom is -0.406 e. The number of hydrogen-bond acceptors (Lipinski definition) is 5. The van der Waals surface area contributed by atoms with Gasteiger partial charge in [-0.05, 0) is 48.5 Å². The Hall–Kier alpha value is -4.46. The highest BCUT2D eigenvalue weighted by atomic mass is 32.2. The molecule has 5 rings (SSSR count). The Labute approximate surface area is 224 Å². The molecule has 2 N–H and O–H groups in total. The molecule has 5 aromatic rings. The van der Waals surface area contributed by atoms with Crippen molar-refractivity contribution in [3.8, 4) is 11.4 Å². The van der Waals surface area contributed by atoms with Crippen molar-refractivity contribution in [2.75, 3.05) is 11.1 Å². The summed E-state index contributed by atoms with van der Waals surface area (Å²) in [4.78, 5) is 33.7. The summed E-state index contributed by atoms with van der Waals surface area (Å²) >= 11 is 0.827. The van der Waals surface area contributed by atoms with E-state index in [1.165, 1.54) is 18.2 Å². The lowest BCUT2D eigenvalue weighted by Gasteiger charge is -2.14. The molecule has 0 aliphatic carbocycles. The average molecular weight is 578 g/mol. The summed E-state index contributed by atoms with van der Waals surface area (Å²) in [6.07, 6.45) is -9.50. The maximum Gasteiger partial charge on any atom is 0.573 e. The number of amides is 1. The summed E-state index contributed by atoms with van der Waals surface area (Å²) < 4.78 is 81.8. The molecule has 1 amide bonds. The largest absolute Gasteiger partial charge is 0.573 e. The quantitative estimate of drug-likeness (QED) is 0.136. The molecule has 0 radical (unpaired) electrons. The lowest BCUT2D eigenvalue weighted by Crippen LogP contribution is -2.23. The van der Waals surface area contributed by atoms with E-state index in [9.17, 15) is 35.9 Å². The molecule has 2 aromatic heterocycles. The van der Waals surface area contributed by atoms with Crippen LogP contribution in [0.2, 0.25) is 0 Å². The maximum atomic E-state index is 13.6. The third-order valence-corrected chi connectivity index (χ3v) is 6.57. The number of thioether (sulfide) groups is 1. The Balaban J connectivity index is 1.50. The smallest absolute Gasteiger partial charge is 0.406 e. The van der Waals surface area contributed by atoms with E-state index in [0.29, 0.717) is 16.4 Å². The number of aromatic amines is 1. The van der Waals surface area contributed by atoms with Crippen LogP contribution in [0.1, 0.15) is 5.56 Å². The molecule has 0 unspecified atom stereocenters. The van der Waals surface area contributed by atoms with Crippen LogP contribution in [0.15, 0.2) is 82.7 Å². The first-order chi connectivity index (χ1) is 18.9. The lowest BCUT2D eigenvalue weighted by atomic mass is 10.2. The van der Waals surface area contributed by atoms with E-state index in [-0.39, 0.29) is 27.8 Å². The first kappa shape index (κ1) is 27.1. The second kappa shape index (κ2) is 10.3. The van der Waals surface area contributed by atoms with Gasteiger partial charge in [0.05, 0.1) is 17.0 Å². The number of nitrogens with one attached hydrogen (secondary N) is 2. The topological polar surface area (TPSA) is 89.0 Å². The van der Waals surface area contributed by atoms with Crippen LogP contribution in [0.4, 0.5) is 32.0 Å². The van der Waals surface area contributed by atoms with Crippen LogP contribution in [0, 0.1) is 0 Å². The van der Waals surface area contributed by atoms with E-state index in [4.69, 9.17) is 0 Å². The predicted molar refractivity (Wildman–Crippen MR) is 137 cm³/mol. The third kappa shape index (κ3) is 5.76. The van der Waals surface area contributed by atoms with Gasteiger partial charge in [-0.1, -0.05) is 36.0 Å². The molecule has 0 fully saturated rings. The minimum atomic E-state index is -4.91. The van der Waals surface area contributed by atoms with Crippen molar-refractivity contribution in [3.05, 3.63) is 88.7 Å². The van der Waals surface area contributed by atoms with Gasteiger partial charge in [-0.25, -0.2) is 4.98 Å². The molecule has 40 heavy (non-hydrogen) atoms. The number of halogens is 6. The molecule has 0 aliphatic rings. The summed E-state index contributed by atoms with van der Waals surface area (Å²) in [5, 5.41) is 3.05. The number of nitrogens with zero attached hydrogens (tertiary/aromatic N) is 2. The summed E-state index contributed by atoms with van der Waals surface area (Å²) in [7, 11) is 0. The number of carbonyl (C=O) groups is 1. The highest BCUT2D eigenvalue weighted by molar-refractivity contribution is 7.99. The molecule has 0 bridgehead atoms. The van der Waals surface area contributed by atoms with Crippen molar-refractivity contribution in [2.24, 2.45) is 0 Å². The lowest BCUT2D eigenvalue weighted by molar-refractivity contribution is -0.274. The van der Waals surface area contributed by atoms with E-state index in [1.807, 2.05) is 0 Å². The van der Waals surface area contributed by atoms with Gasteiger partial charge in [-0.2, -0.15) is 13.2 Å². The first-order valence-corrected chi connectivity index (χ1v) is 12.4. The van der Waals surface area contributed by atoms with Crippen molar-refractivity contribution in [3.63, 3.8) is 0 Å².